The molecular formula is C13H12N2O. The van der Waals surface area contributed by atoms with Gasteiger partial charge in [-0.15, -0.1) is 0 Å². The monoisotopic (exact) mass is 212 g/mol. The predicted molar refractivity (Wildman–Crippen MR) is 62.9 cm³/mol. The van der Waals surface area contributed by atoms with Crippen molar-refractivity contribution in [3.05, 3.63) is 60.4 Å². The Kier molecular flexibility index (Phi) is 2.96. The summed E-state index contributed by atoms with van der Waals surface area (Å²) in [5, 5.41) is 4.06. The van der Waals surface area contributed by atoms with Gasteiger partial charge in [-0.25, -0.2) is 4.68 Å². The molecule has 1 aromatic carbocycles. The second kappa shape index (κ2) is 4.57. The van der Waals surface area contributed by atoms with Gasteiger partial charge in [-0.1, -0.05) is 30.3 Å². The number of rotatable bonds is 3. The number of nitrogens with zero attached hydrogens (tertiary/aromatic N) is 2. The van der Waals surface area contributed by atoms with Gasteiger partial charge in [0.1, 0.15) is 0 Å². The van der Waals surface area contributed by atoms with Crippen LogP contribution in [0.1, 0.15) is 17.3 Å². The number of aromatic nitrogens is 2. The van der Waals surface area contributed by atoms with Gasteiger partial charge in [-0.05, 0) is 13.0 Å². The van der Waals surface area contributed by atoms with E-state index < -0.39 is 0 Å². The van der Waals surface area contributed by atoms with Crippen LogP contribution in [0.15, 0.2) is 54.9 Å². The second-order valence-electron chi connectivity index (χ2n) is 3.47. The summed E-state index contributed by atoms with van der Waals surface area (Å²) in [6.07, 6.45) is 5.08. The van der Waals surface area contributed by atoms with Gasteiger partial charge in [0.15, 0.2) is 5.78 Å². The van der Waals surface area contributed by atoms with E-state index in [0.717, 1.165) is 5.70 Å². The average molecular weight is 212 g/mol. The molecule has 16 heavy (non-hydrogen) atoms. The fourth-order valence-electron chi connectivity index (χ4n) is 1.42. The number of benzene rings is 1. The average Bonchev–Trinajstić information content (AvgIpc) is 2.83. The minimum atomic E-state index is -0.00593. The summed E-state index contributed by atoms with van der Waals surface area (Å²) >= 11 is 0. The summed E-state index contributed by atoms with van der Waals surface area (Å²) in [6.45, 7) is 1.86. The van der Waals surface area contributed by atoms with Crippen molar-refractivity contribution in [2.45, 2.75) is 6.92 Å². The predicted octanol–water partition coefficient (Wildman–Crippen LogP) is 2.63. The van der Waals surface area contributed by atoms with Gasteiger partial charge in [0, 0.05) is 29.7 Å². The lowest BCUT2D eigenvalue weighted by molar-refractivity contribution is 0.104. The van der Waals surface area contributed by atoms with Crippen LogP contribution in [-0.2, 0) is 0 Å². The van der Waals surface area contributed by atoms with Crippen molar-refractivity contribution in [1.82, 2.24) is 9.78 Å². The molecular weight excluding hydrogens is 200 g/mol. The van der Waals surface area contributed by atoms with E-state index in [9.17, 15) is 4.79 Å². The molecule has 3 nitrogen and oxygen atoms in total. The third-order valence-corrected chi connectivity index (χ3v) is 2.26. The minimum Gasteiger partial charge on any atom is -0.289 e. The molecule has 2 rings (SSSR count). The standard InChI is InChI=1S/C13H12N2O/c1-11(15-9-5-8-14-15)10-13(16)12-6-3-2-4-7-12/h2-10H,1H3/b11-10-. The number of hydrogen-bond donors (Lipinski definition) is 0. The van der Waals surface area contributed by atoms with Crippen LogP contribution in [-0.4, -0.2) is 15.6 Å². The number of ketones is 1. The third-order valence-electron chi connectivity index (χ3n) is 2.26. The first-order chi connectivity index (χ1) is 7.77. The summed E-state index contributed by atoms with van der Waals surface area (Å²) in [5.74, 6) is -0.00593. The summed E-state index contributed by atoms with van der Waals surface area (Å²) in [5.41, 5.74) is 1.49. The lowest BCUT2D eigenvalue weighted by atomic mass is 10.1. The van der Waals surface area contributed by atoms with Gasteiger partial charge in [0.05, 0.1) is 0 Å². The SMILES string of the molecule is C/C(=C/C(=O)c1ccccc1)n1cccn1. The first-order valence-electron chi connectivity index (χ1n) is 5.05. The number of allylic oxidation sites excluding steroid dienone is 2. The quantitative estimate of drug-likeness (QED) is 0.579. The maximum absolute atomic E-state index is 11.8. The number of carbonyl (C=O) groups is 1. The highest BCUT2D eigenvalue weighted by atomic mass is 16.1. The van der Waals surface area contributed by atoms with E-state index in [1.54, 1.807) is 29.1 Å². The van der Waals surface area contributed by atoms with E-state index in [2.05, 4.69) is 5.10 Å². The fourth-order valence-corrected chi connectivity index (χ4v) is 1.42. The lowest BCUT2D eigenvalue weighted by Crippen LogP contribution is -1.99. The number of carbonyl (C=O) groups excluding carboxylic acids is 1. The Hall–Kier alpha value is -2.16. The zero-order valence-electron chi connectivity index (χ0n) is 9.00. The Labute approximate surface area is 94.0 Å². The highest BCUT2D eigenvalue weighted by molar-refractivity contribution is 6.07. The molecule has 3 heteroatoms. The minimum absolute atomic E-state index is 0.00593. The zero-order valence-corrected chi connectivity index (χ0v) is 9.00. The van der Waals surface area contributed by atoms with Gasteiger partial charge in [0.25, 0.3) is 0 Å². The Bertz CT molecular complexity index is 498. The normalized spacial score (nSPS) is 11.4. The molecule has 80 valence electrons. The molecule has 0 aliphatic heterocycles. The van der Waals surface area contributed by atoms with E-state index in [-0.39, 0.29) is 5.78 Å². The van der Waals surface area contributed by atoms with Gasteiger partial charge < -0.3 is 0 Å². The molecule has 0 N–H and O–H groups in total. The van der Waals surface area contributed by atoms with E-state index in [4.69, 9.17) is 0 Å². The molecule has 0 spiro atoms. The maximum Gasteiger partial charge on any atom is 0.187 e. The smallest absolute Gasteiger partial charge is 0.187 e. The van der Waals surface area contributed by atoms with Crippen molar-refractivity contribution >= 4 is 11.5 Å². The summed E-state index contributed by atoms with van der Waals surface area (Å²) in [6, 6.07) is 11.0. The van der Waals surface area contributed by atoms with Crippen LogP contribution >= 0.6 is 0 Å². The molecule has 0 radical (unpaired) electrons. The first-order valence-corrected chi connectivity index (χ1v) is 5.05. The van der Waals surface area contributed by atoms with Crippen molar-refractivity contribution in [2.75, 3.05) is 0 Å². The Morgan fingerprint density at radius 1 is 1.25 bits per heavy atom. The summed E-state index contributed by atoms with van der Waals surface area (Å²) in [7, 11) is 0. The topological polar surface area (TPSA) is 34.9 Å². The van der Waals surface area contributed by atoms with Crippen molar-refractivity contribution in [1.29, 1.82) is 0 Å². The lowest BCUT2D eigenvalue weighted by Gasteiger charge is -2.00. The van der Waals surface area contributed by atoms with Crippen molar-refractivity contribution in [3.8, 4) is 0 Å². The molecule has 0 aliphatic carbocycles. The fraction of sp³-hybridized carbons (Fsp3) is 0.0769. The van der Waals surface area contributed by atoms with Crippen LogP contribution in [0.25, 0.3) is 5.70 Å². The molecule has 0 saturated carbocycles. The van der Waals surface area contributed by atoms with Crippen LogP contribution in [0.4, 0.5) is 0 Å². The van der Waals surface area contributed by atoms with Crippen LogP contribution in [0.2, 0.25) is 0 Å². The molecule has 0 aliphatic rings. The van der Waals surface area contributed by atoms with Crippen LogP contribution in [0, 0.1) is 0 Å². The molecule has 0 bridgehead atoms. The molecule has 0 saturated heterocycles. The highest BCUT2D eigenvalue weighted by Crippen LogP contribution is 2.06. The van der Waals surface area contributed by atoms with Gasteiger partial charge in [-0.3, -0.25) is 4.79 Å². The summed E-state index contributed by atoms with van der Waals surface area (Å²) < 4.78 is 1.67. The van der Waals surface area contributed by atoms with Crippen molar-refractivity contribution < 1.29 is 4.79 Å². The Balaban J connectivity index is 2.22. The summed E-state index contributed by atoms with van der Waals surface area (Å²) in [4.78, 5) is 11.8. The van der Waals surface area contributed by atoms with Crippen molar-refractivity contribution in [3.63, 3.8) is 0 Å². The molecule has 0 unspecified atom stereocenters. The second-order valence-corrected chi connectivity index (χ2v) is 3.47. The largest absolute Gasteiger partial charge is 0.289 e. The van der Waals surface area contributed by atoms with Gasteiger partial charge in [0.2, 0.25) is 0 Å². The molecule has 1 aromatic heterocycles. The molecule has 0 fully saturated rings. The highest BCUT2D eigenvalue weighted by Gasteiger charge is 2.02. The Morgan fingerprint density at radius 2 is 2.00 bits per heavy atom. The third kappa shape index (κ3) is 2.25. The molecule has 0 atom stereocenters. The van der Waals surface area contributed by atoms with E-state index in [1.165, 1.54) is 0 Å². The zero-order chi connectivity index (χ0) is 11.4. The van der Waals surface area contributed by atoms with Crippen LogP contribution in [0.5, 0.6) is 0 Å². The van der Waals surface area contributed by atoms with Crippen molar-refractivity contribution in [2.24, 2.45) is 0 Å². The van der Waals surface area contributed by atoms with E-state index >= 15 is 0 Å². The van der Waals surface area contributed by atoms with Gasteiger partial charge in [-0.2, -0.15) is 5.10 Å². The molecule has 0 amide bonds. The first kappa shape index (κ1) is 10.4. The Morgan fingerprint density at radius 3 is 2.62 bits per heavy atom. The van der Waals surface area contributed by atoms with Crippen LogP contribution < -0.4 is 0 Å². The molecule has 1 heterocycles. The van der Waals surface area contributed by atoms with Crippen LogP contribution in [0.3, 0.4) is 0 Å². The maximum atomic E-state index is 11.8. The molecule has 2 aromatic rings. The van der Waals surface area contributed by atoms with E-state index in [1.807, 2.05) is 37.4 Å². The van der Waals surface area contributed by atoms with Gasteiger partial charge >= 0.3 is 0 Å². The van der Waals surface area contributed by atoms with E-state index in [0.29, 0.717) is 5.56 Å². The number of hydrogen-bond acceptors (Lipinski definition) is 2.